The maximum atomic E-state index is 12.3. The summed E-state index contributed by atoms with van der Waals surface area (Å²) in [4.78, 5) is 12.2. The third-order valence-corrected chi connectivity index (χ3v) is 4.81. The molecule has 20 heavy (non-hydrogen) atoms. The fourth-order valence-corrected chi connectivity index (χ4v) is 3.48. The smallest absolute Gasteiger partial charge is 0.242 e. The Balaban J connectivity index is 1.74. The van der Waals surface area contributed by atoms with Gasteiger partial charge in [0.15, 0.2) is 0 Å². The summed E-state index contributed by atoms with van der Waals surface area (Å²) in [5.74, 6) is 0.852. The van der Waals surface area contributed by atoms with Gasteiger partial charge in [0.05, 0.1) is 10.9 Å². The minimum atomic E-state index is -0.124. The van der Waals surface area contributed by atoms with E-state index in [2.05, 4.69) is 36.6 Å². The number of benzene rings is 2. The van der Waals surface area contributed by atoms with Crippen molar-refractivity contribution in [2.45, 2.75) is 24.8 Å². The van der Waals surface area contributed by atoms with Gasteiger partial charge in [-0.25, -0.2) is 0 Å². The quantitative estimate of drug-likeness (QED) is 0.890. The van der Waals surface area contributed by atoms with Gasteiger partial charge in [0, 0.05) is 11.4 Å². The SMILES string of the molecule is CC1(C)N[C@H](C(=O)Nc2ccc3ccccc3c2)CS1. The van der Waals surface area contributed by atoms with Crippen LogP contribution in [-0.2, 0) is 4.79 Å². The van der Waals surface area contributed by atoms with Crippen molar-refractivity contribution in [1.82, 2.24) is 5.32 Å². The van der Waals surface area contributed by atoms with Gasteiger partial charge in [-0.05, 0) is 36.8 Å². The van der Waals surface area contributed by atoms with E-state index in [9.17, 15) is 4.79 Å². The first-order valence-electron chi connectivity index (χ1n) is 6.75. The lowest BCUT2D eigenvalue weighted by molar-refractivity contribution is -0.117. The highest BCUT2D eigenvalue weighted by molar-refractivity contribution is 8.00. The molecule has 1 atom stereocenters. The molecular formula is C16H18N2OS. The van der Waals surface area contributed by atoms with E-state index in [0.29, 0.717) is 0 Å². The normalized spacial score (nSPS) is 21.0. The van der Waals surface area contributed by atoms with Crippen LogP contribution in [0.3, 0.4) is 0 Å². The second-order valence-corrected chi connectivity index (χ2v) is 7.21. The number of fused-ring (bicyclic) bond motifs is 1. The highest BCUT2D eigenvalue weighted by atomic mass is 32.2. The Kier molecular flexibility index (Phi) is 3.44. The monoisotopic (exact) mass is 286 g/mol. The average molecular weight is 286 g/mol. The van der Waals surface area contributed by atoms with E-state index >= 15 is 0 Å². The summed E-state index contributed by atoms with van der Waals surface area (Å²) in [5, 5.41) is 8.66. The van der Waals surface area contributed by atoms with Gasteiger partial charge in [-0.1, -0.05) is 30.3 Å². The van der Waals surface area contributed by atoms with Crippen LogP contribution < -0.4 is 10.6 Å². The molecule has 1 saturated heterocycles. The Morgan fingerprint density at radius 3 is 2.70 bits per heavy atom. The van der Waals surface area contributed by atoms with Gasteiger partial charge >= 0.3 is 0 Å². The number of hydrogen-bond donors (Lipinski definition) is 2. The van der Waals surface area contributed by atoms with Crippen LogP contribution in [0.15, 0.2) is 42.5 Å². The van der Waals surface area contributed by atoms with Gasteiger partial charge in [0.1, 0.15) is 0 Å². The first-order valence-corrected chi connectivity index (χ1v) is 7.73. The van der Waals surface area contributed by atoms with E-state index in [1.54, 1.807) is 11.8 Å². The molecule has 1 fully saturated rings. The van der Waals surface area contributed by atoms with Crippen LogP contribution >= 0.6 is 11.8 Å². The lowest BCUT2D eigenvalue weighted by Gasteiger charge is -2.18. The molecule has 104 valence electrons. The van der Waals surface area contributed by atoms with Crippen molar-refractivity contribution in [2.24, 2.45) is 0 Å². The van der Waals surface area contributed by atoms with Gasteiger partial charge in [-0.3, -0.25) is 10.1 Å². The highest BCUT2D eigenvalue weighted by Gasteiger charge is 2.34. The molecular weight excluding hydrogens is 268 g/mol. The summed E-state index contributed by atoms with van der Waals surface area (Å²) in [7, 11) is 0. The molecule has 1 aliphatic rings. The number of nitrogens with one attached hydrogen (secondary N) is 2. The molecule has 4 heteroatoms. The van der Waals surface area contributed by atoms with Crippen molar-refractivity contribution in [3.63, 3.8) is 0 Å². The summed E-state index contributed by atoms with van der Waals surface area (Å²) >= 11 is 1.78. The topological polar surface area (TPSA) is 41.1 Å². The van der Waals surface area contributed by atoms with E-state index in [-0.39, 0.29) is 16.8 Å². The Morgan fingerprint density at radius 1 is 1.25 bits per heavy atom. The Morgan fingerprint density at radius 2 is 2.00 bits per heavy atom. The molecule has 2 N–H and O–H groups in total. The van der Waals surface area contributed by atoms with Crippen LogP contribution in [0, 0.1) is 0 Å². The van der Waals surface area contributed by atoms with Crippen LogP contribution in [0.2, 0.25) is 0 Å². The fraction of sp³-hybridized carbons (Fsp3) is 0.312. The van der Waals surface area contributed by atoms with Crippen LogP contribution in [0.25, 0.3) is 10.8 Å². The molecule has 3 rings (SSSR count). The van der Waals surface area contributed by atoms with E-state index in [1.165, 1.54) is 5.39 Å². The number of carbonyl (C=O) groups excluding carboxylic acids is 1. The van der Waals surface area contributed by atoms with Gasteiger partial charge < -0.3 is 5.32 Å². The van der Waals surface area contributed by atoms with Crippen LogP contribution in [0.1, 0.15) is 13.8 Å². The van der Waals surface area contributed by atoms with E-state index in [1.807, 2.05) is 30.3 Å². The molecule has 2 aromatic rings. The molecule has 0 aliphatic carbocycles. The van der Waals surface area contributed by atoms with E-state index in [0.717, 1.165) is 16.8 Å². The standard InChI is InChI=1S/C16H18N2OS/c1-16(2)18-14(10-20-16)15(19)17-13-8-7-11-5-3-4-6-12(11)9-13/h3-9,14,18H,10H2,1-2H3,(H,17,19)/t14-/m0/s1. The Labute approximate surface area is 123 Å². The molecule has 0 spiro atoms. The number of anilines is 1. The van der Waals surface area contributed by atoms with Gasteiger partial charge in [0.2, 0.25) is 5.91 Å². The number of thioether (sulfide) groups is 1. The summed E-state index contributed by atoms with van der Waals surface area (Å²) in [5.41, 5.74) is 0.852. The number of carbonyl (C=O) groups is 1. The Hall–Kier alpha value is -1.52. The maximum absolute atomic E-state index is 12.3. The summed E-state index contributed by atoms with van der Waals surface area (Å²) in [6, 6.07) is 14.0. The molecule has 0 saturated carbocycles. The second kappa shape index (κ2) is 5.11. The maximum Gasteiger partial charge on any atom is 0.242 e. The molecule has 2 aromatic carbocycles. The fourth-order valence-electron chi connectivity index (χ4n) is 2.43. The summed E-state index contributed by atoms with van der Waals surface area (Å²) in [6.45, 7) is 4.20. The molecule has 0 aromatic heterocycles. The third-order valence-electron chi connectivity index (χ3n) is 3.47. The summed E-state index contributed by atoms with van der Waals surface area (Å²) in [6.07, 6.45) is 0. The number of amides is 1. The first kappa shape index (κ1) is 13.5. The zero-order valence-corrected chi connectivity index (χ0v) is 12.5. The van der Waals surface area contributed by atoms with E-state index < -0.39 is 0 Å². The molecule has 1 amide bonds. The van der Waals surface area contributed by atoms with E-state index in [4.69, 9.17) is 0 Å². The zero-order valence-electron chi connectivity index (χ0n) is 11.6. The predicted octanol–water partition coefficient (Wildman–Crippen LogP) is 3.22. The minimum absolute atomic E-state index is 0.0224. The molecule has 0 radical (unpaired) electrons. The summed E-state index contributed by atoms with van der Waals surface area (Å²) < 4.78 is 0. The van der Waals surface area contributed by atoms with Crippen molar-refractivity contribution < 1.29 is 4.79 Å². The number of hydrogen-bond acceptors (Lipinski definition) is 3. The largest absolute Gasteiger partial charge is 0.325 e. The van der Waals surface area contributed by atoms with Gasteiger partial charge in [0.25, 0.3) is 0 Å². The predicted molar refractivity (Wildman–Crippen MR) is 86.0 cm³/mol. The molecule has 0 unspecified atom stereocenters. The molecule has 3 nitrogen and oxygen atoms in total. The van der Waals surface area contributed by atoms with Crippen molar-refractivity contribution >= 4 is 34.1 Å². The lowest BCUT2D eigenvalue weighted by Crippen LogP contribution is -2.43. The van der Waals surface area contributed by atoms with Crippen LogP contribution in [0.4, 0.5) is 5.69 Å². The van der Waals surface area contributed by atoms with Crippen molar-refractivity contribution in [3.8, 4) is 0 Å². The van der Waals surface area contributed by atoms with Crippen molar-refractivity contribution in [2.75, 3.05) is 11.1 Å². The van der Waals surface area contributed by atoms with Gasteiger partial charge in [-0.15, -0.1) is 11.8 Å². The highest BCUT2D eigenvalue weighted by Crippen LogP contribution is 2.29. The van der Waals surface area contributed by atoms with Gasteiger partial charge in [-0.2, -0.15) is 0 Å². The first-order chi connectivity index (χ1) is 9.53. The van der Waals surface area contributed by atoms with Crippen molar-refractivity contribution in [3.05, 3.63) is 42.5 Å². The lowest BCUT2D eigenvalue weighted by atomic mass is 10.1. The third kappa shape index (κ3) is 2.81. The zero-order chi connectivity index (χ0) is 14.2. The minimum Gasteiger partial charge on any atom is -0.325 e. The average Bonchev–Trinajstić information content (AvgIpc) is 2.79. The van der Waals surface area contributed by atoms with Crippen molar-refractivity contribution in [1.29, 1.82) is 0 Å². The molecule has 0 bridgehead atoms. The second-order valence-electron chi connectivity index (χ2n) is 5.57. The molecule has 1 heterocycles. The Bertz CT molecular complexity index is 654. The molecule has 1 aliphatic heterocycles. The van der Waals surface area contributed by atoms with Crippen LogP contribution in [0.5, 0.6) is 0 Å². The van der Waals surface area contributed by atoms with Crippen LogP contribution in [-0.4, -0.2) is 22.6 Å². The number of rotatable bonds is 2.